The molecule has 2 rings (SSSR count). The number of alkyl halides is 2. The van der Waals surface area contributed by atoms with Crippen LogP contribution in [0.15, 0.2) is 12.1 Å². The lowest BCUT2D eigenvalue weighted by Gasteiger charge is -2.38. The summed E-state index contributed by atoms with van der Waals surface area (Å²) in [5.41, 5.74) is 5.91. The van der Waals surface area contributed by atoms with Crippen molar-refractivity contribution >= 4 is 11.3 Å². The molecule has 1 nitrogen and oxygen atoms in total. The summed E-state index contributed by atoms with van der Waals surface area (Å²) in [7, 11) is 0. The van der Waals surface area contributed by atoms with Crippen molar-refractivity contribution in [1.29, 1.82) is 0 Å². The van der Waals surface area contributed by atoms with Crippen LogP contribution in [0.5, 0.6) is 0 Å². The van der Waals surface area contributed by atoms with Crippen LogP contribution in [0, 0.1) is 12.8 Å². The average Bonchev–Trinajstić information content (AvgIpc) is 2.46. The Hall–Kier alpha value is -0.480. The zero-order chi connectivity index (χ0) is 10.3. The van der Waals surface area contributed by atoms with E-state index in [1.807, 2.05) is 19.1 Å². The highest BCUT2D eigenvalue weighted by Crippen LogP contribution is 2.48. The smallest absolute Gasteiger partial charge is 0.248 e. The molecule has 1 aliphatic carbocycles. The van der Waals surface area contributed by atoms with Gasteiger partial charge in [-0.15, -0.1) is 11.3 Å². The monoisotopic (exact) mass is 217 g/mol. The first-order valence-corrected chi connectivity index (χ1v) is 5.49. The van der Waals surface area contributed by atoms with E-state index in [2.05, 4.69) is 0 Å². The Morgan fingerprint density at radius 3 is 2.57 bits per heavy atom. The normalized spacial score (nSPS) is 23.1. The zero-order valence-electron chi connectivity index (χ0n) is 7.97. The molecule has 0 radical (unpaired) electrons. The van der Waals surface area contributed by atoms with E-state index >= 15 is 0 Å². The predicted molar refractivity (Wildman–Crippen MR) is 53.7 cm³/mol. The standard InChI is InChI=1S/C10H13F2NS/c1-6-2-3-8(14-6)9(13)7-4-10(11,12)5-7/h2-3,7,9H,4-5,13H2,1H3. The Balaban J connectivity index is 2.00. The maximum Gasteiger partial charge on any atom is 0.248 e. The van der Waals surface area contributed by atoms with Gasteiger partial charge in [-0.1, -0.05) is 0 Å². The van der Waals surface area contributed by atoms with Crippen LogP contribution in [-0.2, 0) is 0 Å². The fraction of sp³-hybridized carbons (Fsp3) is 0.600. The quantitative estimate of drug-likeness (QED) is 0.809. The van der Waals surface area contributed by atoms with Gasteiger partial charge in [0.1, 0.15) is 0 Å². The molecule has 4 heteroatoms. The van der Waals surface area contributed by atoms with Crippen LogP contribution in [0.2, 0.25) is 0 Å². The Morgan fingerprint density at radius 2 is 2.14 bits per heavy atom. The molecule has 0 spiro atoms. The molecule has 14 heavy (non-hydrogen) atoms. The first kappa shape index (κ1) is 10.1. The molecule has 0 amide bonds. The molecule has 0 aromatic carbocycles. The zero-order valence-corrected chi connectivity index (χ0v) is 8.78. The summed E-state index contributed by atoms with van der Waals surface area (Å²) in [4.78, 5) is 2.21. The molecule has 78 valence electrons. The van der Waals surface area contributed by atoms with Crippen LogP contribution in [0.4, 0.5) is 8.78 Å². The summed E-state index contributed by atoms with van der Waals surface area (Å²) in [6.07, 6.45) is -0.101. The van der Waals surface area contributed by atoms with Crippen molar-refractivity contribution in [2.75, 3.05) is 0 Å². The van der Waals surface area contributed by atoms with Gasteiger partial charge in [0.05, 0.1) is 0 Å². The van der Waals surface area contributed by atoms with E-state index in [9.17, 15) is 8.78 Å². The molecule has 1 aromatic rings. The molecule has 2 N–H and O–H groups in total. The van der Waals surface area contributed by atoms with Crippen molar-refractivity contribution in [3.05, 3.63) is 21.9 Å². The van der Waals surface area contributed by atoms with Gasteiger partial charge in [0.2, 0.25) is 5.92 Å². The Labute approximate surface area is 85.9 Å². The van der Waals surface area contributed by atoms with Crippen LogP contribution >= 0.6 is 11.3 Å². The Kier molecular flexibility index (Phi) is 2.35. The van der Waals surface area contributed by atoms with Crippen LogP contribution in [-0.4, -0.2) is 5.92 Å². The van der Waals surface area contributed by atoms with Gasteiger partial charge >= 0.3 is 0 Å². The molecule has 1 unspecified atom stereocenters. The molecule has 1 saturated carbocycles. The van der Waals surface area contributed by atoms with Crippen molar-refractivity contribution < 1.29 is 8.78 Å². The molecule has 1 atom stereocenters. The molecule has 1 heterocycles. The van der Waals surface area contributed by atoms with Gasteiger partial charge in [0.15, 0.2) is 0 Å². The van der Waals surface area contributed by atoms with Gasteiger partial charge < -0.3 is 5.73 Å². The van der Waals surface area contributed by atoms with Gasteiger partial charge in [-0.3, -0.25) is 0 Å². The van der Waals surface area contributed by atoms with Crippen molar-refractivity contribution in [1.82, 2.24) is 0 Å². The summed E-state index contributed by atoms with van der Waals surface area (Å²) >= 11 is 1.60. The third-order valence-corrected chi connectivity index (χ3v) is 3.82. The summed E-state index contributed by atoms with van der Waals surface area (Å²) in [6.45, 7) is 2.00. The molecular formula is C10H13F2NS. The number of thiophene rings is 1. The first-order chi connectivity index (χ1) is 6.48. The second kappa shape index (κ2) is 3.28. The molecular weight excluding hydrogens is 204 g/mol. The second-order valence-corrected chi connectivity index (χ2v) is 5.32. The largest absolute Gasteiger partial charge is 0.323 e. The maximum atomic E-state index is 12.6. The molecule has 1 aliphatic rings. The fourth-order valence-corrected chi connectivity index (χ4v) is 2.80. The fourth-order valence-electron chi connectivity index (χ4n) is 1.83. The topological polar surface area (TPSA) is 26.0 Å². The van der Waals surface area contributed by atoms with E-state index in [1.54, 1.807) is 11.3 Å². The van der Waals surface area contributed by atoms with E-state index < -0.39 is 5.92 Å². The van der Waals surface area contributed by atoms with E-state index in [1.165, 1.54) is 4.88 Å². The van der Waals surface area contributed by atoms with Crippen LogP contribution in [0.25, 0.3) is 0 Å². The summed E-state index contributed by atoms with van der Waals surface area (Å²) in [6, 6.07) is 3.73. The summed E-state index contributed by atoms with van der Waals surface area (Å²) in [5, 5.41) is 0. The van der Waals surface area contributed by atoms with E-state index in [0.717, 1.165) is 4.88 Å². The average molecular weight is 217 g/mol. The van der Waals surface area contributed by atoms with Gasteiger partial charge in [-0.25, -0.2) is 8.78 Å². The lowest BCUT2D eigenvalue weighted by molar-refractivity contribution is -0.116. The van der Waals surface area contributed by atoms with Gasteiger partial charge in [-0.05, 0) is 25.0 Å². The number of hydrogen-bond acceptors (Lipinski definition) is 2. The minimum atomic E-state index is -2.46. The second-order valence-electron chi connectivity index (χ2n) is 4.00. The van der Waals surface area contributed by atoms with Gasteiger partial charge in [0.25, 0.3) is 0 Å². The van der Waals surface area contributed by atoms with Gasteiger partial charge in [-0.2, -0.15) is 0 Å². The van der Waals surface area contributed by atoms with E-state index in [-0.39, 0.29) is 24.8 Å². The molecule has 0 aliphatic heterocycles. The Bertz CT molecular complexity index is 327. The van der Waals surface area contributed by atoms with Crippen molar-refractivity contribution in [3.63, 3.8) is 0 Å². The first-order valence-electron chi connectivity index (χ1n) is 4.68. The number of hydrogen-bond donors (Lipinski definition) is 1. The minimum absolute atomic E-state index is 0.0388. The third-order valence-electron chi connectivity index (χ3n) is 2.72. The molecule has 1 fully saturated rings. The van der Waals surface area contributed by atoms with Gasteiger partial charge in [0, 0.05) is 28.6 Å². The number of rotatable bonds is 2. The molecule has 0 bridgehead atoms. The number of halogens is 2. The SMILES string of the molecule is Cc1ccc(C(N)C2CC(F)(F)C2)s1. The maximum absolute atomic E-state index is 12.6. The minimum Gasteiger partial charge on any atom is -0.323 e. The predicted octanol–water partition coefficient (Wildman–Crippen LogP) is 3.10. The van der Waals surface area contributed by atoms with Crippen LogP contribution in [0.3, 0.4) is 0 Å². The van der Waals surface area contributed by atoms with Crippen LogP contribution < -0.4 is 5.73 Å². The number of nitrogens with two attached hydrogens (primary N) is 1. The highest BCUT2D eigenvalue weighted by molar-refractivity contribution is 7.12. The van der Waals surface area contributed by atoms with E-state index in [4.69, 9.17) is 5.73 Å². The molecule has 1 aromatic heterocycles. The van der Waals surface area contributed by atoms with E-state index in [0.29, 0.717) is 0 Å². The Morgan fingerprint density at radius 1 is 1.50 bits per heavy atom. The third kappa shape index (κ3) is 1.81. The lowest BCUT2D eigenvalue weighted by atomic mass is 9.76. The lowest BCUT2D eigenvalue weighted by Crippen LogP contribution is -2.41. The number of aryl methyl sites for hydroxylation is 1. The van der Waals surface area contributed by atoms with Crippen LogP contribution in [0.1, 0.15) is 28.6 Å². The van der Waals surface area contributed by atoms with Crippen molar-refractivity contribution in [3.8, 4) is 0 Å². The highest BCUT2D eigenvalue weighted by atomic mass is 32.1. The highest BCUT2D eigenvalue weighted by Gasteiger charge is 2.48. The van der Waals surface area contributed by atoms with Crippen molar-refractivity contribution in [2.45, 2.75) is 31.7 Å². The summed E-state index contributed by atoms with van der Waals surface area (Å²) in [5.74, 6) is -2.50. The molecule has 0 saturated heterocycles. The van der Waals surface area contributed by atoms with Crippen molar-refractivity contribution in [2.24, 2.45) is 11.7 Å². The summed E-state index contributed by atoms with van der Waals surface area (Å²) < 4.78 is 25.2.